The minimum absolute atomic E-state index is 0.131. The van der Waals surface area contributed by atoms with Crippen LogP contribution in [-0.2, 0) is 13.1 Å². The molecule has 0 fully saturated rings. The van der Waals surface area contributed by atoms with E-state index in [1.54, 1.807) is 6.26 Å². The number of nitrogens with zero attached hydrogens (tertiary/aromatic N) is 1. The van der Waals surface area contributed by atoms with Crippen molar-refractivity contribution >= 4 is 0 Å². The second kappa shape index (κ2) is 6.10. The number of hydrogen-bond donors (Lipinski definition) is 1. The summed E-state index contributed by atoms with van der Waals surface area (Å²) in [6.45, 7) is 16.1. The monoisotopic (exact) mass is 266 g/mol. The van der Waals surface area contributed by atoms with Gasteiger partial charge >= 0.3 is 0 Å². The van der Waals surface area contributed by atoms with E-state index in [2.05, 4.69) is 64.9 Å². The van der Waals surface area contributed by atoms with Gasteiger partial charge in [-0.15, -0.1) is 0 Å². The first kappa shape index (κ1) is 16.3. The lowest BCUT2D eigenvalue weighted by Crippen LogP contribution is -2.35. The van der Waals surface area contributed by atoms with Gasteiger partial charge in [-0.2, -0.15) is 0 Å². The van der Waals surface area contributed by atoms with E-state index in [1.807, 2.05) is 0 Å². The molecule has 0 saturated carbocycles. The third kappa shape index (κ3) is 6.79. The summed E-state index contributed by atoms with van der Waals surface area (Å²) in [6.07, 6.45) is 1.79. The number of hydrogen-bond acceptors (Lipinski definition) is 3. The second-order valence-electron chi connectivity index (χ2n) is 7.71. The van der Waals surface area contributed by atoms with Gasteiger partial charge in [0.05, 0.1) is 12.8 Å². The Labute approximate surface area is 118 Å². The van der Waals surface area contributed by atoms with Crippen molar-refractivity contribution in [1.29, 1.82) is 0 Å². The van der Waals surface area contributed by atoms with E-state index in [-0.39, 0.29) is 5.54 Å². The molecule has 0 unspecified atom stereocenters. The van der Waals surface area contributed by atoms with Crippen LogP contribution in [0.15, 0.2) is 16.7 Å². The molecule has 0 aliphatic carbocycles. The molecule has 1 aromatic heterocycles. The minimum Gasteiger partial charge on any atom is -0.468 e. The Balaban J connectivity index is 2.58. The molecule has 0 aromatic carbocycles. The van der Waals surface area contributed by atoms with E-state index >= 15 is 0 Å². The van der Waals surface area contributed by atoms with Crippen molar-refractivity contribution in [3.05, 3.63) is 23.7 Å². The van der Waals surface area contributed by atoms with Crippen molar-refractivity contribution < 1.29 is 4.42 Å². The fourth-order valence-corrected chi connectivity index (χ4v) is 2.13. The van der Waals surface area contributed by atoms with Crippen LogP contribution >= 0.6 is 0 Å². The maximum absolute atomic E-state index is 5.63. The molecule has 0 saturated heterocycles. The zero-order valence-electron chi connectivity index (χ0n) is 13.6. The van der Waals surface area contributed by atoms with Crippen molar-refractivity contribution in [3.63, 3.8) is 0 Å². The quantitative estimate of drug-likeness (QED) is 0.882. The molecule has 1 rings (SSSR count). The second-order valence-corrected chi connectivity index (χ2v) is 7.71. The highest BCUT2D eigenvalue weighted by molar-refractivity contribution is 5.17. The van der Waals surface area contributed by atoms with E-state index in [0.717, 1.165) is 25.4 Å². The fraction of sp³-hybridized carbons (Fsp3) is 0.750. The minimum atomic E-state index is 0.131. The molecular weight excluding hydrogens is 236 g/mol. The van der Waals surface area contributed by atoms with Gasteiger partial charge in [-0.05, 0) is 39.3 Å². The summed E-state index contributed by atoms with van der Waals surface area (Å²) in [7, 11) is 2.15. The molecule has 110 valence electrons. The maximum atomic E-state index is 5.63. The zero-order chi connectivity index (χ0) is 14.7. The SMILES string of the molecule is CN(Cc1occc1CNC(C)(C)C)CC(C)(C)C. The molecule has 3 heteroatoms. The number of nitrogens with one attached hydrogen (secondary N) is 1. The number of rotatable bonds is 5. The zero-order valence-corrected chi connectivity index (χ0v) is 13.6. The summed E-state index contributed by atoms with van der Waals surface area (Å²) < 4.78 is 5.63. The predicted octanol–water partition coefficient (Wildman–Crippen LogP) is 3.65. The molecule has 0 bridgehead atoms. The topological polar surface area (TPSA) is 28.4 Å². The van der Waals surface area contributed by atoms with Gasteiger partial charge in [-0.3, -0.25) is 4.90 Å². The Morgan fingerprint density at radius 2 is 1.79 bits per heavy atom. The van der Waals surface area contributed by atoms with Gasteiger partial charge in [0.2, 0.25) is 0 Å². The smallest absolute Gasteiger partial charge is 0.122 e. The molecule has 1 N–H and O–H groups in total. The van der Waals surface area contributed by atoms with Crippen LogP contribution in [0.2, 0.25) is 0 Å². The van der Waals surface area contributed by atoms with Crippen LogP contribution in [0.5, 0.6) is 0 Å². The summed E-state index contributed by atoms with van der Waals surface area (Å²) in [5.74, 6) is 1.07. The first-order valence-electron chi connectivity index (χ1n) is 7.06. The van der Waals surface area contributed by atoms with Gasteiger partial charge in [-0.1, -0.05) is 20.8 Å². The molecule has 19 heavy (non-hydrogen) atoms. The third-order valence-corrected chi connectivity index (χ3v) is 2.80. The number of furan rings is 1. The van der Waals surface area contributed by atoms with Crippen LogP contribution in [0.3, 0.4) is 0 Å². The Morgan fingerprint density at radius 1 is 1.16 bits per heavy atom. The van der Waals surface area contributed by atoms with Crippen LogP contribution in [0, 0.1) is 5.41 Å². The largest absolute Gasteiger partial charge is 0.468 e. The molecule has 1 aromatic rings. The summed E-state index contributed by atoms with van der Waals surface area (Å²) in [6, 6.07) is 2.07. The summed E-state index contributed by atoms with van der Waals surface area (Å²) in [5.41, 5.74) is 1.70. The molecular formula is C16H30N2O. The highest BCUT2D eigenvalue weighted by Crippen LogP contribution is 2.18. The van der Waals surface area contributed by atoms with Crippen molar-refractivity contribution in [2.45, 2.75) is 60.2 Å². The van der Waals surface area contributed by atoms with Gasteiger partial charge in [0.15, 0.2) is 0 Å². The third-order valence-electron chi connectivity index (χ3n) is 2.80. The van der Waals surface area contributed by atoms with Crippen LogP contribution in [0.4, 0.5) is 0 Å². The molecule has 0 aliphatic heterocycles. The molecule has 0 amide bonds. The van der Waals surface area contributed by atoms with Gasteiger partial charge in [-0.25, -0.2) is 0 Å². The normalized spacial score (nSPS) is 13.3. The lowest BCUT2D eigenvalue weighted by Gasteiger charge is -2.26. The van der Waals surface area contributed by atoms with Gasteiger partial charge in [0.25, 0.3) is 0 Å². The molecule has 1 heterocycles. The van der Waals surface area contributed by atoms with Crippen LogP contribution < -0.4 is 5.32 Å². The Hall–Kier alpha value is -0.800. The predicted molar refractivity (Wildman–Crippen MR) is 81.1 cm³/mol. The van der Waals surface area contributed by atoms with E-state index in [9.17, 15) is 0 Å². The molecule has 3 nitrogen and oxygen atoms in total. The van der Waals surface area contributed by atoms with Crippen molar-refractivity contribution in [2.75, 3.05) is 13.6 Å². The molecule has 0 spiro atoms. The van der Waals surface area contributed by atoms with Gasteiger partial charge in [0.1, 0.15) is 5.76 Å². The molecule has 0 aliphatic rings. The fourth-order valence-electron chi connectivity index (χ4n) is 2.13. The van der Waals surface area contributed by atoms with Crippen molar-refractivity contribution in [2.24, 2.45) is 5.41 Å². The highest BCUT2D eigenvalue weighted by Gasteiger charge is 2.17. The Kier molecular flexibility index (Phi) is 5.22. The summed E-state index contributed by atoms with van der Waals surface area (Å²) in [4.78, 5) is 2.32. The lowest BCUT2D eigenvalue weighted by molar-refractivity contribution is 0.207. The van der Waals surface area contributed by atoms with Gasteiger partial charge in [0, 0.05) is 24.2 Å². The maximum Gasteiger partial charge on any atom is 0.122 e. The molecule has 0 atom stereocenters. The first-order valence-corrected chi connectivity index (χ1v) is 7.06. The van der Waals surface area contributed by atoms with Crippen LogP contribution in [0.25, 0.3) is 0 Å². The van der Waals surface area contributed by atoms with E-state index in [1.165, 1.54) is 5.56 Å². The van der Waals surface area contributed by atoms with Crippen LogP contribution in [0.1, 0.15) is 52.9 Å². The highest BCUT2D eigenvalue weighted by atomic mass is 16.3. The van der Waals surface area contributed by atoms with E-state index in [0.29, 0.717) is 5.41 Å². The average Bonchev–Trinajstić information content (AvgIpc) is 2.57. The standard InChI is InChI=1S/C16H30N2O/c1-15(2,3)12-18(7)11-14-13(8-9-19-14)10-17-16(4,5)6/h8-9,17H,10-12H2,1-7H3. The first-order chi connectivity index (χ1) is 8.57. The average molecular weight is 266 g/mol. The Morgan fingerprint density at radius 3 is 2.32 bits per heavy atom. The summed E-state index contributed by atoms with van der Waals surface area (Å²) in [5, 5.41) is 3.51. The van der Waals surface area contributed by atoms with Crippen molar-refractivity contribution in [3.8, 4) is 0 Å². The van der Waals surface area contributed by atoms with Crippen LogP contribution in [-0.4, -0.2) is 24.0 Å². The Bertz CT molecular complexity index is 382. The molecule has 0 radical (unpaired) electrons. The van der Waals surface area contributed by atoms with E-state index < -0.39 is 0 Å². The van der Waals surface area contributed by atoms with E-state index in [4.69, 9.17) is 4.42 Å². The van der Waals surface area contributed by atoms with Gasteiger partial charge < -0.3 is 9.73 Å². The lowest BCUT2D eigenvalue weighted by atomic mass is 9.96. The van der Waals surface area contributed by atoms with Crippen molar-refractivity contribution in [1.82, 2.24) is 10.2 Å². The summed E-state index contributed by atoms with van der Waals surface area (Å²) >= 11 is 0.